The highest BCUT2D eigenvalue weighted by Crippen LogP contribution is 2.13. The van der Waals surface area contributed by atoms with Gasteiger partial charge in [0, 0.05) is 17.4 Å². The third-order valence-electron chi connectivity index (χ3n) is 4.42. The summed E-state index contributed by atoms with van der Waals surface area (Å²) in [4.78, 5) is 49.1. The largest absolute Gasteiger partial charge is 0.347 e. The van der Waals surface area contributed by atoms with Crippen LogP contribution in [0.25, 0.3) is 0 Å². The zero-order valence-corrected chi connectivity index (χ0v) is 19.4. The number of Topliss-reactive ketones (excluding diaryl/α,β-unsaturated/α-hetero) is 1. The number of carbonyl (C=O) groups excluding carboxylic acids is 4. The van der Waals surface area contributed by atoms with Crippen LogP contribution in [-0.4, -0.2) is 54.7 Å². The van der Waals surface area contributed by atoms with E-state index < -0.39 is 23.3 Å². The Morgan fingerprint density at radius 2 is 1.42 bits per heavy atom. The molecule has 0 saturated carbocycles. The van der Waals surface area contributed by atoms with Crippen molar-refractivity contribution in [3.05, 3.63) is 35.9 Å². The van der Waals surface area contributed by atoms with Crippen molar-refractivity contribution in [3.63, 3.8) is 0 Å². The maximum Gasteiger partial charge on any atom is 0.243 e. The Morgan fingerprint density at radius 1 is 0.806 bits per heavy atom. The van der Waals surface area contributed by atoms with Gasteiger partial charge >= 0.3 is 0 Å². The van der Waals surface area contributed by atoms with Crippen LogP contribution in [0, 0.1) is 5.41 Å². The van der Waals surface area contributed by atoms with Gasteiger partial charge in [-0.1, -0.05) is 51.1 Å². The lowest BCUT2D eigenvalue weighted by molar-refractivity contribution is -0.131. The van der Waals surface area contributed by atoms with E-state index in [0.29, 0.717) is 0 Å². The molecule has 0 aliphatic rings. The Balaban J connectivity index is 2.69. The molecule has 0 fully saturated rings. The topological polar surface area (TPSA) is 116 Å². The van der Waals surface area contributed by atoms with Gasteiger partial charge in [-0.15, -0.1) is 0 Å². The van der Waals surface area contributed by atoms with Crippen LogP contribution in [0.5, 0.6) is 0 Å². The average molecular weight is 433 g/mol. The molecule has 0 radical (unpaired) electrons. The number of ketones is 1. The summed E-state index contributed by atoms with van der Waals surface area (Å²) >= 11 is 0. The summed E-state index contributed by atoms with van der Waals surface area (Å²) in [5, 5.41) is 10.8. The van der Waals surface area contributed by atoms with Crippen molar-refractivity contribution >= 4 is 23.5 Å². The van der Waals surface area contributed by atoms with Crippen LogP contribution in [0.3, 0.4) is 0 Å². The molecule has 1 atom stereocenters. The second kappa shape index (κ2) is 11.6. The molecule has 0 bridgehead atoms. The van der Waals surface area contributed by atoms with Gasteiger partial charge in [0.1, 0.15) is 6.04 Å². The average Bonchev–Trinajstić information content (AvgIpc) is 2.67. The first kappa shape index (κ1) is 26.3. The van der Waals surface area contributed by atoms with Crippen LogP contribution in [0.2, 0.25) is 0 Å². The van der Waals surface area contributed by atoms with Crippen molar-refractivity contribution in [2.45, 2.75) is 59.5 Å². The van der Waals surface area contributed by atoms with E-state index in [1.165, 1.54) is 0 Å². The first-order valence-corrected chi connectivity index (χ1v) is 10.4. The van der Waals surface area contributed by atoms with E-state index in [4.69, 9.17) is 0 Å². The first-order chi connectivity index (χ1) is 14.3. The minimum absolute atomic E-state index is 0.0830. The summed E-state index contributed by atoms with van der Waals surface area (Å²) in [5.41, 5.74) is 0.0725. The SMILES string of the molecule is CC(C)(C)NCC(=O)NCC(=O)N[C@@H](Cc1ccccc1)C(=O)NCC(=O)C(C)(C)C. The second-order valence-corrected chi connectivity index (χ2v) is 9.58. The summed E-state index contributed by atoms with van der Waals surface area (Å²) in [5.74, 6) is -1.35. The minimum Gasteiger partial charge on any atom is -0.347 e. The molecule has 0 heterocycles. The van der Waals surface area contributed by atoms with Crippen LogP contribution < -0.4 is 21.3 Å². The molecule has 0 saturated heterocycles. The summed E-state index contributed by atoms with van der Waals surface area (Å²) < 4.78 is 0. The van der Waals surface area contributed by atoms with Gasteiger partial charge in [0.05, 0.1) is 19.6 Å². The monoisotopic (exact) mass is 432 g/mol. The molecule has 3 amide bonds. The minimum atomic E-state index is -0.868. The van der Waals surface area contributed by atoms with E-state index in [0.717, 1.165) is 5.56 Å². The van der Waals surface area contributed by atoms with E-state index in [1.807, 2.05) is 51.1 Å². The van der Waals surface area contributed by atoms with Gasteiger partial charge in [0.25, 0.3) is 0 Å². The summed E-state index contributed by atoms with van der Waals surface area (Å²) in [6.07, 6.45) is 0.266. The number of amides is 3. The van der Waals surface area contributed by atoms with E-state index in [1.54, 1.807) is 20.8 Å². The van der Waals surface area contributed by atoms with Gasteiger partial charge in [-0.25, -0.2) is 0 Å². The fraction of sp³-hybridized carbons (Fsp3) is 0.565. The first-order valence-electron chi connectivity index (χ1n) is 10.4. The predicted molar refractivity (Wildman–Crippen MR) is 120 cm³/mol. The Labute approximate surface area is 184 Å². The third kappa shape index (κ3) is 11.3. The highest BCUT2D eigenvalue weighted by Gasteiger charge is 2.25. The van der Waals surface area contributed by atoms with Gasteiger partial charge in [0.2, 0.25) is 17.7 Å². The van der Waals surface area contributed by atoms with Crippen molar-refractivity contribution in [2.24, 2.45) is 5.41 Å². The Hall–Kier alpha value is -2.74. The van der Waals surface area contributed by atoms with Crippen molar-refractivity contribution in [1.82, 2.24) is 21.3 Å². The number of hydrogen-bond acceptors (Lipinski definition) is 5. The summed E-state index contributed by atoms with van der Waals surface area (Å²) in [6, 6.07) is 8.39. The zero-order chi connectivity index (χ0) is 23.7. The van der Waals surface area contributed by atoms with Crippen molar-refractivity contribution in [1.29, 1.82) is 0 Å². The van der Waals surface area contributed by atoms with Crippen molar-refractivity contribution in [3.8, 4) is 0 Å². The molecular formula is C23H36N4O4. The molecule has 0 aliphatic carbocycles. The van der Waals surface area contributed by atoms with Gasteiger partial charge < -0.3 is 21.3 Å². The molecule has 0 spiro atoms. The fourth-order valence-corrected chi connectivity index (χ4v) is 2.45. The molecular weight excluding hydrogens is 396 g/mol. The number of benzene rings is 1. The van der Waals surface area contributed by atoms with E-state index >= 15 is 0 Å². The molecule has 8 heteroatoms. The number of nitrogens with one attached hydrogen (secondary N) is 4. The van der Waals surface area contributed by atoms with Crippen LogP contribution in [0.15, 0.2) is 30.3 Å². The third-order valence-corrected chi connectivity index (χ3v) is 4.42. The Bertz CT molecular complexity index is 764. The Kier molecular flexibility index (Phi) is 9.84. The molecule has 1 rings (SSSR count). The maximum atomic E-state index is 12.7. The van der Waals surface area contributed by atoms with Crippen LogP contribution in [-0.2, 0) is 25.6 Å². The molecule has 1 aromatic carbocycles. The molecule has 0 unspecified atom stereocenters. The van der Waals surface area contributed by atoms with Gasteiger partial charge in [-0.05, 0) is 26.3 Å². The van der Waals surface area contributed by atoms with Crippen molar-refractivity contribution in [2.75, 3.05) is 19.6 Å². The molecule has 0 aliphatic heterocycles. The van der Waals surface area contributed by atoms with E-state index in [9.17, 15) is 19.2 Å². The molecule has 172 valence electrons. The van der Waals surface area contributed by atoms with Gasteiger partial charge in [-0.2, -0.15) is 0 Å². The molecule has 0 aromatic heterocycles. The van der Waals surface area contributed by atoms with Crippen LogP contribution in [0.1, 0.15) is 47.1 Å². The number of carbonyl (C=O) groups is 4. The van der Waals surface area contributed by atoms with Crippen LogP contribution in [0.4, 0.5) is 0 Å². The number of rotatable bonds is 10. The molecule has 1 aromatic rings. The molecule has 31 heavy (non-hydrogen) atoms. The Morgan fingerprint density at radius 3 is 1.97 bits per heavy atom. The normalized spacial score (nSPS) is 12.6. The lowest BCUT2D eigenvalue weighted by atomic mass is 9.91. The lowest BCUT2D eigenvalue weighted by Gasteiger charge is -2.21. The lowest BCUT2D eigenvalue weighted by Crippen LogP contribution is -2.52. The summed E-state index contributed by atoms with van der Waals surface area (Å²) in [6.45, 7) is 10.9. The van der Waals surface area contributed by atoms with Crippen LogP contribution >= 0.6 is 0 Å². The smallest absolute Gasteiger partial charge is 0.243 e. The highest BCUT2D eigenvalue weighted by molar-refractivity contribution is 5.93. The summed E-state index contributed by atoms with van der Waals surface area (Å²) in [7, 11) is 0. The maximum absolute atomic E-state index is 12.7. The molecule has 4 N–H and O–H groups in total. The standard InChI is InChI=1S/C23H36N4O4/c1-22(2,3)18(28)13-25-21(31)17(12-16-10-8-7-9-11-16)27-20(30)14-24-19(29)15-26-23(4,5)6/h7-11,17,26H,12-15H2,1-6H3,(H,24,29)(H,25,31)(H,27,30)/t17-/m0/s1. The van der Waals surface area contributed by atoms with Gasteiger partial charge in [-0.3, -0.25) is 19.2 Å². The molecule has 8 nitrogen and oxygen atoms in total. The van der Waals surface area contributed by atoms with E-state index in [2.05, 4.69) is 21.3 Å². The van der Waals surface area contributed by atoms with E-state index in [-0.39, 0.29) is 43.3 Å². The zero-order valence-electron chi connectivity index (χ0n) is 19.4. The predicted octanol–water partition coefficient (Wildman–Crippen LogP) is 0.950. The van der Waals surface area contributed by atoms with Crippen molar-refractivity contribution < 1.29 is 19.2 Å². The quantitative estimate of drug-likeness (QED) is 0.439. The number of hydrogen-bond donors (Lipinski definition) is 4. The second-order valence-electron chi connectivity index (χ2n) is 9.58. The fourth-order valence-electron chi connectivity index (χ4n) is 2.45. The van der Waals surface area contributed by atoms with Gasteiger partial charge in [0.15, 0.2) is 5.78 Å². The highest BCUT2D eigenvalue weighted by atomic mass is 16.2.